The zero-order valence-electron chi connectivity index (χ0n) is 18.7. The number of aromatic hydroxyl groups is 1. The number of phenolic OH excluding ortho intramolecular Hbond substituents is 1. The van der Waals surface area contributed by atoms with Gasteiger partial charge in [-0.2, -0.15) is 0 Å². The number of carbonyl (C=O) groups is 1. The van der Waals surface area contributed by atoms with Crippen LogP contribution < -0.4 is 10.1 Å². The first-order valence-electron chi connectivity index (χ1n) is 10.3. The number of methoxy groups -OCH3 is 1. The molecule has 28 heavy (non-hydrogen) atoms. The third-order valence-electron chi connectivity index (χ3n) is 5.54. The minimum absolute atomic E-state index is 0.00718. The summed E-state index contributed by atoms with van der Waals surface area (Å²) in [7, 11) is -0.414. The number of amides is 1. The Morgan fingerprint density at radius 3 is 2.50 bits per heavy atom. The summed E-state index contributed by atoms with van der Waals surface area (Å²) in [6.45, 7) is 13.7. The van der Waals surface area contributed by atoms with Gasteiger partial charge >= 0.3 is 0 Å². The van der Waals surface area contributed by atoms with E-state index in [1.807, 2.05) is 0 Å². The van der Waals surface area contributed by atoms with E-state index in [2.05, 4.69) is 46.1 Å². The van der Waals surface area contributed by atoms with Crippen LogP contribution in [0.25, 0.3) is 0 Å². The molecule has 1 atom stereocenters. The summed E-state index contributed by atoms with van der Waals surface area (Å²) >= 11 is 0. The van der Waals surface area contributed by atoms with E-state index in [4.69, 9.17) is 9.16 Å². The van der Waals surface area contributed by atoms with E-state index in [1.54, 1.807) is 18.2 Å². The first kappa shape index (κ1) is 24.5. The van der Waals surface area contributed by atoms with Gasteiger partial charge in [0.2, 0.25) is 5.91 Å². The van der Waals surface area contributed by atoms with Crippen molar-refractivity contribution in [3.05, 3.63) is 23.8 Å². The van der Waals surface area contributed by atoms with Gasteiger partial charge in [-0.25, -0.2) is 0 Å². The van der Waals surface area contributed by atoms with Crippen molar-refractivity contribution in [2.75, 3.05) is 7.11 Å². The molecule has 0 saturated carbocycles. The Morgan fingerprint density at radius 1 is 1.25 bits per heavy atom. The van der Waals surface area contributed by atoms with Crippen molar-refractivity contribution in [3.8, 4) is 11.5 Å². The van der Waals surface area contributed by atoms with Gasteiger partial charge in [0, 0.05) is 6.54 Å². The number of phenols is 1. The zero-order valence-corrected chi connectivity index (χ0v) is 19.7. The lowest BCUT2D eigenvalue weighted by Crippen LogP contribution is -2.45. The second-order valence-corrected chi connectivity index (χ2v) is 13.7. The molecule has 0 aliphatic heterocycles. The summed E-state index contributed by atoms with van der Waals surface area (Å²) in [6.07, 6.45) is 4.65. The number of nitrogens with one attached hydrogen (secondary N) is 1. The molecular formula is C22H39NO4Si. The molecule has 0 aliphatic rings. The molecule has 0 saturated heterocycles. The van der Waals surface area contributed by atoms with Crippen molar-refractivity contribution in [1.82, 2.24) is 5.32 Å². The van der Waals surface area contributed by atoms with E-state index in [0.717, 1.165) is 31.2 Å². The Balaban J connectivity index is 2.69. The second kappa shape index (κ2) is 10.9. The smallest absolute Gasteiger partial charge is 0.222 e. The summed E-state index contributed by atoms with van der Waals surface area (Å²) in [5.41, 5.74) is 0.885. The highest BCUT2D eigenvalue weighted by Crippen LogP contribution is 2.38. The van der Waals surface area contributed by atoms with E-state index in [1.165, 1.54) is 7.11 Å². The number of unbranched alkanes of at least 4 members (excludes halogenated alkanes) is 2. The van der Waals surface area contributed by atoms with Crippen LogP contribution >= 0.6 is 0 Å². The Kier molecular flexibility index (Phi) is 9.50. The average Bonchev–Trinajstić information content (AvgIpc) is 2.59. The van der Waals surface area contributed by atoms with Crippen molar-refractivity contribution in [2.24, 2.45) is 0 Å². The second-order valence-electron chi connectivity index (χ2n) is 8.98. The predicted octanol–water partition coefficient (Wildman–Crippen LogP) is 5.38. The fourth-order valence-corrected chi connectivity index (χ4v) is 4.12. The standard InChI is InChI=1S/C22H39NO4Si/c1-8-9-10-11-18(27-28(6,7)22(2,3)4)15-21(25)23-16-17-12-13-19(24)20(14-17)26-5/h12-14,18,24H,8-11,15-16H2,1-7H3,(H,23,25). The molecule has 0 spiro atoms. The molecule has 0 bridgehead atoms. The van der Waals surface area contributed by atoms with Gasteiger partial charge in [-0.3, -0.25) is 4.79 Å². The lowest BCUT2D eigenvalue weighted by atomic mass is 10.1. The highest BCUT2D eigenvalue weighted by molar-refractivity contribution is 6.74. The average molecular weight is 410 g/mol. The molecule has 0 aromatic heterocycles. The van der Waals surface area contributed by atoms with Crippen molar-refractivity contribution in [3.63, 3.8) is 0 Å². The van der Waals surface area contributed by atoms with Gasteiger partial charge < -0.3 is 19.6 Å². The monoisotopic (exact) mass is 409 g/mol. The van der Waals surface area contributed by atoms with Crippen LogP contribution in [0.15, 0.2) is 18.2 Å². The molecule has 6 heteroatoms. The Hall–Kier alpha value is -1.53. The Bertz CT molecular complexity index is 625. The maximum absolute atomic E-state index is 12.6. The molecule has 0 aliphatic carbocycles. The van der Waals surface area contributed by atoms with Crippen LogP contribution in [0.3, 0.4) is 0 Å². The first-order chi connectivity index (χ1) is 13.0. The molecular weight excluding hydrogens is 370 g/mol. The lowest BCUT2D eigenvalue weighted by molar-refractivity contribution is -0.123. The summed E-state index contributed by atoms with van der Waals surface area (Å²) in [4.78, 5) is 12.6. The van der Waals surface area contributed by atoms with E-state index >= 15 is 0 Å². The molecule has 1 amide bonds. The summed E-state index contributed by atoms with van der Waals surface area (Å²) in [5, 5.41) is 12.8. The molecule has 0 fully saturated rings. The van der Waals surface area contributed by atoms with Gasteiger partial charge in [0.15, 0.2) is 19.8 Å². The Labute approximate surface area is 172 Å². The number of rotatable bonds is 11. The molecule has 1 rings (SSSR count). The maximum atomic E-state index is 12.6. The van der Waals surface area contributed by atoms with E-state index in [9.17, 15) is 9.90 Å². The molecule has 1 unspecified atom stereocenters. The number of hydrogen-bond acceptors (Lipinski definition) is 4. The number of hydrogen-bond donors (Lipinski definition) is 2. The van der Waals surface area contributed by atoms with E-state index in [0.29, 0.717) is 18.7 Å². The van der Waals surface area contributed by atoms with Crippen LogP contribution in [0, 0.1) is 0 Å². The van der Waals surface area contributed by atoms with Crippen molar-refractivity contribution in [1.29, 1.82) is 0 Å². The van der Waals surface area contributed by atoms with Crippen LogP contribution in [-0.4, -0.2) is 32.5 Å². The highest BCUT2D eigenvalue weighted by atomic mass is 28.4. The van der Waals surface area contributed by atoms with Crippen LogP contribution in [0.1, 0.15) is 65.4 Å². The SMILES string of the molecule is CCCCCC(CC(=O)NCc1ccc(O)c(OC)c1)O[Si](C)(C)C(C)(C)C. The number of carbonyl (C=O) groups excluding carboxylic acids is 1. The Morgan fingerprint density at radius 2 is 1.93 bits per heavy atom. The maximum Gasteiger partial charge on any atom is 0.222 e. The third kappa shape index (κ3) is 7.84. The summed E-state index contributed by atoms with van der Waals surface area (Å²) in [5.74, 6) is 0.494. The van der Waals surface area contributed by atoms with Crippen molar-refractivity contribution < 1.29 is 19.1 Å². The fraction of sp³-hybridized carbons (Fsp3) is 0.682. The topological polar surface area (TPSA) is 67.8 Å². The molecule has 0 radical (unpaired) electrons. The molecule has 2 N–H and O–H groups in total. The lowest BCUT2D eigenvalue weighted by Gasteiger charge is -2.39. The van der Waals surface area contributed by atoms with E-state index in [-0.39, 0.29) is 22.8 Å². The normalized spacial score (nSPS) is 13.2. The minimum atomic E-state index is -1.92. The zero-order chi connectivity index (χ0) is 21.4. The van der Waals surface area contributed by atoms with Crippen LogP contribution in [-0.2, 0) is 15.8 Å². The fourth-order valence-electron chi connectivity index (χ4n) is 2.73. The van der Waals surface area contributed by atoms with Crippen molar-refractivity contribution >= 4 is 14.2 Å². The third-order valence-corrected chi connectivity index (χ3v) is 10.1. The molecule has 5 nitrogen and oxygen atoms in total. The van der Waals surface area contributed by atoms with Crippen LogP contribution in [0.5, 0.6) is 11.5 Å². The van der Waals surface area contributed by atoms with Gasteiger partial charge in [0.25, 0.3) is 0 Å². The van der Waals surface area contributed by atoms with Gasteiger partial charge in [0.05, 0.1) is 19.6 Å². The quantitative estimate of drug-likeness (QED) is 0.380. The van der Waals surface area contributed by atoms with Crippen LogP contribution in [0.2, 0.25) is 18.1 Å². The summed E-state index contributed by atoms with van der Waals surface area (Å²) < 4.78 is 11.7. The molecule has 0 heterocycles. The van der Waals surface area contributed by atoms with Gasteiger partial charge in [0.1, 0.15) is 0 Å². The molecule has 1 aromatic carbocycles. The highest BCUT2D eigenvalue weighted by Gasteiger charge is 2.39. The number of benzene rings is 1. The van der Waals surface area contributed by atoms with Gasteiger partial charge in [-0.05, 0) is 42.2 Å². The predicted molar refractivity (Wildman–Crippen MR) is 117 cm³/mol. The molecule has 1 aromatic rings. The van der Waals surface area contributed by atoms with Crippen LogP contribution in [0.4, 0.5) is 0 Å². The van der Waals surface area contributed by atoms with Gasteiger partial charge in [-0.15, -0.1) is 0 Å². The van der Waals surface area contributed by atoms with Crippen molar-refractivity contribution in [2.45, 2.75) is 90.6 Å². The minimum Gasteiger partial charge on any atom is -0.504 e. The first-order valence-corrected chi connectivity index (χ1v) is 13.2. The van der Waals surface area contributed by atoms with Gasteiger partial charge in [-0.1, -0.05) is 53.0 Å². The molecule has 160 valence electrons. The summed E-state index contributed by atoms with van der Waals surface area (Å²) in [6, 6.07) is 5.10. The van der Waals surface area contributed by atoms with E-state index < -0.39 is 8.32 Å². The largest absolute Gasteiger partial charge is 0.504 e. The number of ether oxygens (including phenoxy) is 1.